The Morgan fingerprint density at radius 2 is 1.65 bits per heavy atom. The van der Waals surface area contributed by atoms with Crippen LogP contribution in [0.1, 0.15) is 38.7 Å². The van der Waals surface area contributed by atoms with Gasteiger partial charge in [0.25, 0.3) is 5.56 Å². The van der Waals surface area contributed by atoms with Gasteiger partial charge in [0, 0.05) is 36.5 Å². The number of hydrogen-bond acceptors (Lipinski definition) is 4. The lowest BCUT2D eigenvalue weighted by molar-refractivity contribution is -0.131. The quantitative estimate of drug-likeness (QED) is 0.746. The largest absolute Gasteiger partial charge is 0.493 e. The Hall–Kier alpha value is -2.50. The van der Waals surface area contributed by atoms with Crippen molar-refractivity contribution in [1.29, 1.82) is 0 Å². The van der Waals surface area contributed by atoms with Crippen molar-refractivity contribution in [3.63, 3.8) is 0 Å². The minimum absolute atomic E-state index is 0.0977. The number of ether oxygens (including phenoxy) is 2. The average Bonchev–Trinajstić information content (AvgIpc) is 2.64. The van der Waals surface area contributed by atoms with E-state index in [0.29, 0.717) is 35.4 Å². The lowest BCUT2D eigenvalue weighted by atomic mass is 10.1. The Kier molecular flexibility index (Phi) is 7.06. The first-order valence-corrected chi connectivity index (χ1v) is 9.09. The number of amides is 1. The maximum absolute atomic E-state index is 12.4. The number of carbonyl (C=O) groups is 1. The molecule has 0 bridgehead atoms. The second kappa shape index (κ2) is 9.27. The van der Waals surface area contributed by atoms with Crippen LogP contribution in [0.3, 0.4) is 0 Å². The summed E-state index contributed by atoms with van der Waals surface area (Å²) in [5.41, 5.74) is 1.11. The van der Waals surface area contributed by atoms with E-state index in [1.165, 1.54) is 0 Å². The summed E-state index contributed by atoms with van der Waals surface area (Å²) in [5.74, 6) is 1.26. The van der Waals surface area contributed by atoms with Gasteiger partial charge in [-0.25, -0.2) is 0 Å². The van der Waals surface area contributed by atoms with Crippen molar-refractivity contribution in [2.24, 2.45) is 0 Å². The molecular formula is C20H28N2O4. The predicted molar refractivity (Wildman–Crippen MR) is 103 cm³/mol. The van der Waals surface area contributed by atoms with E-state index in [-0.39, 0.29) is 11.5 Å². The number of nitrogens with zero attached hydrogens (tertiary/aromatic N) is 1. The Bertz CT molecular complexity index is 807. The van der Waals surface area contributed by atoms with E-state index in [9.17, 15) is 9.59 Å². The summed E-state index contributed by atoms with van der Waals surface area (Å²) in [7, 11) is 3.13. The lowest BCUT2D eigenvalue weighted by Crippen LogP contribution is -2.33. The van der Waals surface area contributed by atoms with E-state index in [1.54, 1.807) is 20.3 Å². The van der Waals surface area contributed by atoms with E-state index in [4.69, 9.17) is 9.47 Å². The van der Waals surface area contributed by atoms with Crippen LogP contribution in [0.15, 0.2) is 23.0 Å². The molecule has 0 radical (unpaired) electrons. The fourth-order valence-electron chi connectivity index (χ4n) is 3.06. The molecular weight excluding hydrogens is 332 g/mol. The van der Waals surface area contributed by atoms with E-state index in [0.717, 1.165) is 31.3 Å². The maximum atomic E-state index is 12.4. The summed E-state index contributed by atoms with van der Waals surface area (Å²) >= 11 is 0. The number of nitrogens with one attached hydrogen (secondary N) is 1. The smallest absolute Gasteiger partial charge is 0.251 e. The molecule has 0 aliphatic rings. The van der Waals surface area contributed by atoms with Crippen molar-refractivity contribution >= 4 is 16.8 Å². The van der Waals surface area contributed by atoms with Gasteiger partial charge in [0.15, 0.2) is 11.5 Å². The van der Waals surface area contributed by atoms with Gasteiger partial charge in [-0.1, -0.05) is 13.8 Å². The zero-order valence-corrected chi connectivity index (χ0v) is 16.1. The Balaban J connectivity index is 2.23. The highest BCUT2D eigenvalue weighted by Crippen LogP contribution is 2.31. The number of carbonyl (C=O) groups excluding carboxylic acids is 1. The lowest BCUT2D eigenvalue weighted by Gasteiger charge is -2.21. The van der Waals surface area contributed by atoms with Crippen molar-refractivity contribution in [3.8, 4) is 11.5 Å². The molecule has 1 aromatic heterocycles. The second-order valence-electron chi connectivity index (χ2n) is 6.30. The number of aromatic amines is 1. The highest BCUT2D eigenvalue weighted by Gasteiger charge is 2.14. The average molecular weight is 360 g/mol. The molecule has 0 atom stereocenters. The number of benzene rings is 1. The molecule has 0 spiro atoms. The summed E-state index contributed by atoms with van der Waals surface area (Å²) in [6, 6.07) is 5.40. The number of fused-ring (bicyclic) bond motifs is 1. The molecule has 1 amide bonds. The van der Waals surface area contributed by atoms with Crippen LogP contribution >= 0.6 is 0 Å². The van der Waals surface area contributed by atoms with Crippen molar-refractivity contribution in [2.45, 2.75) is 39.5 Å². The molecule has 0 fully saturated rings. The molecule has 6 nitrogen and oxygen atoms in total. The van der Waals surface area contributed by atoms with Gasteiger partial charge in [0.1, 0.15) is 0 Å². The number of pyridine rings is 1. The first-order valence-electron chi connectivity index (χ1n) is 9.09. The Morgan fingerprint density at radius 3 is 2.23 bits per heavy atom. The van der Waals surface area contributed by atoms with E-state index >= 15 is 0 Å². The summed E-state index contributed by atoms with van der Waals surface area (Å²) in [5, 5.41) is 0.851. The predicted octanol–water partition coefficient (Wildman–Crippen LogP) is 3.13. The van der Waals surface area contributed by atoms with Crippen LogP contribution < -0.4 is 15.0 Å². The first-order chi connectivity index (χ1) is 12.5. The molecule has 1 aromatic carbocycles. The van der Waals surface area contributed by atoms with Crippen LogP contribution in [0.25, 0.3) is 10.9 Å². The molecule has 0 aliphatic heterocycles. The zero-order valence-electron chi connectivity index (χ0n) is 16.1. The molecule has 2 rings (SSSR count). The summed E-state index contributed by atoms with van der Waals surface area (Å²) < 4.78 is 10.6. The minimum atomic E-state index is -0.171. The topological polar surface area (TPSA) is 71.6 Å². The van der Waals surface area contributed by atoms with Crippen molar-refractivity contribution < 1.29 is 14.3 Å². The standard InChI is InChI=1S/C20H28N2O4/c1-5-9-22(10-6-2)19(23)8-7-14-11-15-12-17(25-3)18(26-4)13-16(15)21-20(14)24/h11-13H,5-10H2,1-4H3,(H,21,24). The van der Waals surface area contributed by atoms with Crippen molar-refractivity contribution in [1.82, 2.24) is 9.88 Å². The summed E-state index contributed by atoms with van der Waals surface area (Å²) in [4.78, 5) is 29.6. The normalized spacial score (nSPS) is 10.8. The van der Waals surface area contributed by atoms with Gasteiger partial charge in [0.05, 0.1) is 19.7 Å². The molecule has 142 valence electrons. The first kappa shape index (κ1) is 19.8. The van der Waals surface area contributed by atoms with Gasteiger partial charge in [-0.15, -0.1) is 0 Å². The fraction of sp³-hybridized carbons (Fsp3) is 0.500. The highest BCUT2D eigenvalue weighted by molar-refractivity contribution is 5.83. The third-order valence-electron chi connectivity index (χ3n) is 4.37. The van der Waals surface area contributed by atoms with E-state index in [2.05, 4.69) is 18.8 Å². The second-order valence-corrected chi connectivity index (χ2v) is 6.30. The third-order valence-corrected chi connectivity index (χ3v) is 4.37. The van der Waals surface area contributed by atoms with Crippen molar-refractivity contribution in [3.05, 3.63) is 34.1 Å². The molecule has 0 unspecified atom stereocenters. The van der Waals surface area contributed by atoms with Crippen LogP contribution in [0.4, 0.5) is 0 Å². The highest BCUT2D eigenvalue weighted by atomic mass is 16.5. The number of aryl methyl sites for hydroxylation is 1. The Labute approximate surface area is 154 Å². The number of rotatable bonds is 9. The molecule has 0 saturated heterocycles. The van der Waals surface area contributed by atoms with Crippen LogP contribution in [0, 0.1) is 0 Å². The van der Waals surface area contributed by atoms with Gasteiger partial charge in [-0.05, 0) is 31.4 Å². The van der Waals surface area contributed by atoms with Gasteiger partial charge >= 0.3 is 0 Å². The molecule has 0 saturated carbocycles. The monoisotopic (exact) mass is 360 g/mol. The van der Waals surface area contributed by atoms with Crippen LogP contribution in [-0.2, 0) is 11.2 Å². The minimum Gasteiger partial charge on any atom is -0.493 e. The van der Waals surface area contributed by atoms with Crippen LogP contribution in [-0.4, -0.2) is 43.1 Å². The van der Waals surface area contributed by atoms with Gasteiger partial charge in [-0.3, -0.25) is 9.59 Å². The summed E-state index contributed by atoms with van der Waals surface area (Å²) in [6.45, 7) is 5.65. The van der Waals surface area contributed by atoms with E-state index in [1.807, 2.05) is 17.0 Å². The molecule has 6 heteroatoms. The van der Waals surface area contributed by atoms with Crippen molar-refractivity contribution in [2.75, 3.05) is 27.3 Å². The fourth-order valence-corrected chi connectivity index (χ4v) is 3.06. The Morgan fingerprint density at radius 1 is 1.04 bits per heavy atom. The van der Waals surface area contributed by atoms with Gasteiger partial charge in [-0.2, -0.15) is 0 Å². The number of hydrogen-bond donors (Lipinski definition) is 1. The number of methoxy groups -OCH3 is 2. The van der Waals surface area contributed by atoms with Gasteiger partial charge < -0.3 is 19.4 Å². The van der Waals surface area contributed by atoms with Crippen LogP contribution in [0.5, 0.6) is 11.5 Å². The molecule has 1 N–H and O–H groups in total. The third kappa shape index (κ3) is 4.56. The summed E-state index contributed by atoms with van der Waals surface area (Å²) in [6.07, 6.45) is 2.62. The SMILES string of the molecule is CCCN(CCC)C(=O)CCc1cc2cc(OC)c(OC)cc2[nH]c1=O. The van der Waals surface area contributed by atoms with E-state index < -0.39 is 0 Å². The van der Waals surface area contributed by atoms with Crippen LogP contribution in [0.2, 0.25) is 0 Å². The maximum Gasteiger partial charge on any atom is 0.251 e. The molecule has 1 heterocycles. The molecule has 26 heavy (non-hydrogen) atoms. The zero-order chi connectivity index (χ0) is 19.1. The number of aromatic nitrogens is 1. The molecule has 0 aliphatic carbocycles. The van der Waals surface area contributed by atoms with Gasteiger partial charge in [0.2, 0.25) is 5.91 Å². The molecule has 2 aromatic rings. The number of H-pyrrole nitrogens is 1.